The monoisotopic (exact) mass is 553 g/mol. The number of likely N-dealkylation sites (tertiary alicyclic amines) is 1. The van der Waals surface area contributed by atoms with Gasteiger partial charge >= 0.3 is 6.61 Å². The van der Waals surface area contributed by atoms with Crippen LogP contribution >= 0.6 is 0 Å². The van der Waals surface area contributed by atoms with Crippen molar-refractivity contribution in [2.24, 2.45) is 23.6 Å². The highest BCUT2D eigenvalue weighted by molar-refractivity contribution is 6.03. The molecule has 3 aromatic rings. The van der Waals surface area contributed by atoms with Gasteiger partial charge in [0.15, 0.2) is 5.75 Å². The summed E-state index contributed by atoms with van der Waals surface area (Å²) in [6, 6.07) is 8.57. The lowest BCUT2D eigenvalue weighted by atomic mass is 10.1. The summed E-state index contributed by atoms with van der Waals surface area (Å²) < 4.78 is 33.5. The molecule has 6 N–H and O–H groups in total. The molecule has 2 heterocycles. The minimum atomic E-state index is -3.11. The van der Waals surface area contributed by atoms with E-state index >= 15 is 0 Å². The Labute approximate surface area is 230 Å². The molecule has 0 radical (unpaired) electrons. The normalized spacial score (nSPS) is 16.4. The van der Waals surface area contributed by atoms with E-state index in [9.17, 15) is 13.6 Å². The van der Waals surface area contributed by atoms with Crippen molar-refractivity contribution in [2.75, 3.05) is 37.4 Å². The van der Waals surface area contributed by atoms with E-state index in [-0.39, 0.29) is 23.3 Å². The van der Waals surface area contributed by atoms with Crippen LogP contribution in [-0.2, 0) is 11.8 Å². The molecule has 1 atom stereocenters. The van der Waals surface area contributed by atoms with Crippen LogP contribution in [0.2, 0.25) is 0 Å². The Bertz CT molecular complexity index is 1470. The van der Waals surface area contributed by atoms with Gasteiger partial charge in [-0.05, 0) is 49.9 Å². The zero-order valence-electron chi connectivity index (χ0n) is 22.6. The van der Waals surface area contributed by atoms with E-state index in [0.29, 0.717) is 22.6 Å². The highest BCUT2D eigenvalue weighted by Gasteiger charge is 2.27. The largest absolute Gasteiger partial charge is 0.432 e. The Balaban J connectivity index is 1.76. The number of halogens is 2. The lowest BCUT2D eigenvalue weighted by Gasteiger charge is -2.29. The van der Waals surface area contributed by atoms with Crippen LogP contribution in [0.15, 0.2) is 60.3 Å². The molecule has 13 heteroatoms. The molecule has 212 valence electrons. The van der Waals surface area contributed by atoms with Crippen molar-refractivity contribution in [1.29, 1.82) is 0 Å². The number of fused-ring (bicyclic) bond motifs is 1. The molecule has 40 heavy (non-hydrogen) atoms. The van der Waals surface area contributed by atoms with Crippen molar-refractivity contribution >= 4 is 45.4 Å². The number of aryl methyl sites for hydroxylation is 1. The van der Waals surface area contributed by atoms with Crippen molar-refractivity contribution in [3.05, 3.63) is 60.8 Å². The molecule has 1 aliphatic heterocycles. The average Bonchev–Trinajstić information content (AvgIpc) is 3.52. The molecule has 0 aliphatic carbocycles. The molecule has 1 unspecified atom stereocenters. The predicted molar refractivity (Wildman–Crippen MR) is 154 cm³/mol. The second kappa shape index (κ2) is 12.1. The van der Waals surface area contributed by atoms with Gasteiger partial charge in [0.2, 0.25) is 5.91 Å². The Morgan fingerprint density at radius 3 is 2.75 bits per heavy atom. The summed E-state index contributed by atoms with van der Waals surface area (Å²) in [4.78, 5) is 20.7. The van der Waals surface area contributed by atoms with Crippen LogP contribution in [0.4, 0.5) is 25.8 Å². The molecule has 1 aliphatic rings. The van der Waals surface area contributed by atoms with Crippen LogP contribution in [-0.4, -0.2) is 66.3 Å². The maximum atomic E-state index is 13.5. The summed E-state index contributed by atoms with van der Waals surface area (Å²) in [7, 11) is 5.69. The molecule has 1 fully saturated rings. The lowest BCUT2D eigenvalue weighted by Crippen LogP contribution is -2.34. The second-order valence-corrected chi connectivity index (χ2v) is 9.51. The molecule has 4 rings (SSSR count). The highest BCUT2D eigenvalue weighted by atomic mass is 19.3. The van der Waals surface area contributed by atoms with Gasteiger partial charge in [-0.1, -0.05) is 12.6 Å². The first-order chi connectivity index (χ1) is 19.1. The third kappa shape index (κ3) is 6.38. The molecule has 1 aromatic heterocycles. The number of aliphatic imine (C=N–C) groups is 1. The molecular weight excluding hydrogens is 520 g/mol. The minimum Gasteiger partial charge on any atom is -0.432 e. The van der Waals surface area contributed by atoms with Crippen molar-refractivity contribution in [1.82, 2.24) is 20.1 Å². The van der Waals surface area contributed by atoms with Gasteiger partial charge in [-0.25, -0.2) is 4.99 Å². The van der Waals surface area contributed by atoms with Crippen LogP contribution in [0.1, 0.15) is 12.0 Å². The number of nitrogens with one attached hydrogen (secondary N) is 2. The van der Waals surface area contributed by atoms with Gasteiger partial charge in [0.1, 0.15) is 11.5 Å². The molecule has 0 bridgehead atoms. The van der Waals surface area contributed by atoms with Crippen LogP contribution in [0.5, 0.6) is 5.75 Å². The van der Waals surface area contributed by atoms with E-state index in [1.807, 2.05) is 44.2 Å². The van der Waals surface area contributed by atoms with Gasteiger partial charge in [0, 0.05) is 44.2 Å². The number of carbonyl (C=O) groups is 1. The van der Waals surface area contributed by atoms with Gasteiger partial charge in [-0.3, -0.25) is 15.3 Å². The number of nitrogens with zero attached hydrogens (tertiary/aromatic N) is 5. The van der Waals surface area contributed by atoms with Gasteiger partial charge in [-0.2, -0.15) is 13.9 Å². The maximum Gasteiger partial charge on any atom is 0.387 e. The Morgan fingerprint density at radius 2 is 2.10 bits per heavy atom. The van der Waals surface area contributed by atoms with Crippen molar-refractivity contribution in [3.63, 3.8) is 0 Å². The Hall–Kier alpha value is -4.49. The van der Waals surface area contributed by atoms with E-state index in [1.54, 1.807) is 10.9 Å². The van der Waals surface area contributed by atoms with E-state index in [1.165, 1.54) is 18.2 Å². The number of amides is 1. The van der Waals surface area contributed by atoms with E-state index in [2.05, 4.69) is 32.3 Å². The number of aromatic nitrogens is 2. The molecule has 11 nitrogen and oxygen atoms in total. The van der Waals surface area contributed by atoms with Crippen molar-refractivity contribution < 1.29 is 18.3 Å². The zero-order valence-corrected chi connectivity index (χ0v) is 22.6. The van der Waals surface area contributed by atoms with Crippen LogP contribution < -0.4 is 32.0 Å². The number of benzene rings is 2. The maximum absolute atomic E-state index is 13.5. The van der Waals surface area contributed by atoms with Gasteiger partial charge < -0.3 is 31.0 Å². The number of carbonyl (C=O) groups excluding carboxylic acids is 1. The van der Waals surface area contributed by atoms with Gasteiger partial charge in [0.25, 0.3) is 0 Å². The molecule has 1 amide bonds. The number of likely N-dealkylation sites (N-methyl/N-ethyl adjacent to an activating group) is 2. The van der Waals surface area contributed by atoms with E-state index < -0.39 is 12.5 Å². The number of nitrogens with two attached hydrogens (primary N) is 2. The smallest absolute Gasteiger partial charge is 0.387 e. The predicted octanol–water partition coefficient (Wildman–Crippen LogP) is 2.93. The molecule has 0 saturated carbocycles. The van der Waals surface area contributed by atoms with Crippen molar-refractivity contribution in [2.45, 2.75) is 19.1 Å². The number of anilines is 2. The van der Waals surface area contributed by atoms with Gasteiger partial charge in [0.05, 0.1) is 28.8 Å². The molecule has 0 spiro atoms. The number of amidine groups is 1. The quantitative estimate of drug-likeness (QED) is 0.0989. The van der Waals surface area contributed by atoms with E-state index in [0.717, 1.165) is 36.5 Å². The van der Waals surface area contributed by atoms with Crippen molar-refractivity contribution in [3.8, 4) is 5.75 Å². The van der Waals surface area contributed by atoms with E-state index in [4.69, 9.17) is 16.3 Å². The third-order valence-corrected chi connectivity index (χ3v) is 6.79. The fourth-order valence-electron chi connectivity index (χ4n) is 4.69. The first kappa shape index (κ1) is 28.5. The summed E-state index contributed by atoms with van der Waals surface area (Å²) in [6.07, 6.45) is 5.18. The summed E-state index contributed by atoms with van der Waals surface area (Å²) in [5.41, 5.74) is 11.7. The number of hydrogen-bond donors (Lipinski definition) is 4. The van der Waals surface area contributed by atoms with Gasteiger partial charge in [-0.15, -0.1) is 0 Å². The average molecular weight is 554 g/mol. The first-order valence-corrected chi connectivity index (χ1v) is 12.5. The fourth-order valence-corrected chi connectivity index (χ4v) is 4.69. The number of rotatable bonds is 10. The highest BCUT2D eigenvalue weighted by Crippen LogP contribution is 2.40. The SMILES string of the molecule is C=CC(=O)Nc1cc(N=C(N)/C=C(\NN)c2ccc3c(cnn3C)c2)c(OC(F)F)cc1N(C)C1CCN(C)C1. The second-order valence-electron chi connectivity index (χ2n) is 9.51. The number of alkyl halides is 2. The number of hydrazine groups is 1. The molecular formula is C27H33F2N9O2. The summed E-state index contributed by atoms with van der Waals surface area (Å²) in [5.74, 6) is 5.06. The minimum absolute atomic E-state index is 0.00631. The fraction of sp³-hybridized carbons (Fsp3) is 0.296. The topological polar surface area (TPSA) is 139 Å². The zero-order chi connectivity index (χ0) is 29.0. The standard InChI is InChI=1S/C27H33F2N9O2/c1-5-26(39)34-20-11-21(24(40-27(28)29)13-23(20)37(3)18-8-9-36(2)15-18)33-25(30)12-19(35-31)16-6-7-22-17(10-16)14-32-38(22)4/h5-7,10-14,18,27,35H,1,8-9,15,31H2,2-4H3,(H2,30,33)(H,34,39)/b19-12-. The molecule has 1 saturated heterocycles. The lowest BCUT2D eigenvalue weighted by molar-refractivity contribution is -0.111. The molecule has 2 aromatic carbocycles. The van der Waals surface area contributed by atoms with Crippen LogP contribution in [0.25, 0.3) is 16.6 Å². The summed E-state index contributed by atoms with van der Waals surface area (Å²) in [5, 5.41) is 7.87. The van der Waals surface area contributed by atoms with Crippen LogP contribution in [0.3, 0.4) is 0 Å². The number of ether oxygens (including phenoxy) is 1. The Morgan fingerprint density at radius 1 is 1.32 bits per heavy atom. The summed E-state index contributed by atoms with van der Waals surface area (Å²) >= 11 is 0. The number of hydrogen-bond acceptors (Lipinski definition) is 8. The van der Waals surface area contributed by atoms with Crippen LogP contribution in [0, 0.1) is 0 Å². The summed E-state index contributed by atoms with van der Waals surface area (Å²) in [6.45, 7) is 2.05. The Kier molecular flexibility index (Phi) is 8.65. The third-order valence-electron chi connectivity index (χ3n) is 6.79. The first-order valence-electron chi connectivity index (χ1n) is 12.5.